The number of anilines is 3. The lowest BCUT2D eigenvalue weighted by Gasteiger charge is -2.38. The van der Waals surface area contributed by atoms with E-state index in [9.17, 15) is 4.79 Å². The molecular formula is C26H30ClN5O2. The number of benzene rings is 2. The normalized spacial score (nSPS) is 14.1. The molecule has 2 aromatic carbocycles. The molecule has 0 spiro atoms. The van der Waals surface area contributed by atoms with E-state index in [0.29, 0.717) is 42.9 Å². The molecule has 8 heteroatoms. The number of rotatable bonds is 6. The summed E-state index contributed by atoms with van der Waals surface area (Å²) in [5.74, 6) is 1.98. The summed E-state index contributed by atoms with van der Waals surface area (Å²) >= 11 is 5.95. The number of nitrogens with one attached hydrogen (secondary N) is 1. The van der Waals surface area contributed by atoms with Crippen LogP contribution in [0.15, 0.2) is 54.6 Å². The van der Waals surface area contributed by atoms with Gasteiger partial charge in [-0.15, -0.1) is 0 Å². The Balaban J connectivity index is 1.39. The minimum absolute atomic E-state index is 0.0472. The van der Waals surface area contributed by atoms with Crippen LogP contribution in [0.2, 0.25) is 5.02 Å². The predicted molar refractivity (Wildman–Crippen MR) is 136 cm³/mol. The zero-order valence-corrected chi connectivity index (χ0v) is 20.8. The number of ether oxygens (including phenoxy) is 1. The van der Waals surface area contributed by atoms with Crippen molar-refractivity contribution in [2.24, 2.45) is 0 Å². The molecule has 1 fully saturated rings. The van der Waals surface area contributed by atoms with Crippen molar-refractivity contribution in [3.05, 3.63) is 70.9 Å². The zero-order valence-electron chi connectivity index (χ0n) is 20.0. The minimum atomic E-state index is -0.985. The highest BCUT2D eigenvalue weighted by molar-refractivity contribution is 6.30. The molecular weight excluding hydrogens is 450 g/mol. The highest BCUT2D eigenvalue weighted by Gasteiger charge is 2.36. The van der Waals surface area contributed by atoms with E-state index in [1.807, 2.05) is 30.0 Å². The lowest BCUT2D eigenvalue weighted by Crippen LogP contribution is -2.56. The number of hydrogen-bond donors (Lipinski definition) is 1. The Morgan fingerprint density at radius 1 is 0.971 bits per heavy atom. The molecule has 1 aliphatic rings. The zero-order chi connectivity index (χ0) is 24.3. The number of nitrogens with zero attached hydrogens (tertiary/aromatic N) is 4. The number of halogens is 1. The van der Waals surface area contributed by atoms with Crippen molar-refractivity contribution >= 4 is 35.0 Å². The first-order valence-corrected chi connectivity index (χ1v) is 11.8. The quantitative estimate of drug-likeness (QED) is 0.536. The van der Waals surface area contributed by atoms with Gasteiger partial charge < -0.3 is 19.9 Å². The van der Waals surface area contributed by atoms with Crippen molar-refractivity contribution in [2.75, 3.05) is 36.4 Å². The monoisotopic (exact) mass is 479 g/mol. The Hall–Kier alpha value is -3.32. The highest BCUT2D eigenvalue weighted by Crippen LogP contribution is 2.24. The predicted octanol–water partition coefficient (Wildman–Crippen LogP) is 5.00. The van der Waals surface area contributed by atoms with Crippen molar-refractivity contribution in [2.45, 2.75) is 33.3 Å². The number of carbonyl (C=O) groups excluding carboxylic acids is 1. The molecule has 1 amide bonds. The Morgan fingerprint density at radius 3 is 2.26 bits per heavy atom. The van der Waals surface area contributed by atoms with Crippen LogP contribution in [0, 0.1) is 13.8 Å². The van der Waals surface area contributed by atoms with Gasteiger partial charge in [0.2, 0.25) is 5.95 Å². The summed E-state index contributed by atoms with van der Waals surface area (Å²) < 4.78 is 5.98. The van der Waals surface area contributed by atoms with Gasteiger partial charge in [-0.3, -0.25) is 4.79 Å². The van der Waals surface area contributed by atoms with Crippen molar-refractivity contribution in [3.8, 4) is 5.75 Å². The van der Waals surface area contributed by atoms with Gasteiger partial charge >= 0.3 is 0 Å². The Labute approximate surface area is 205 Å². The van der Waals surface area contributed by atoms with Crippen LogP contribution < -0.4 is 15.0 Å². The van der Waals surface area contributed by atoms with Gasteiger partial charge in [0.25, 0.3) is 5.91 Å². The maximum atomic E-state index is 13.2. The summed E-state index contributed by atoms with van der Waals surface area (Å²) in [6.45, 7) is 10.1. The van der Waals surface area contributed by atoms with Crippen LogP contribution in [0.5, 0.6) is 5.75 Å². The summed E-state index contributed by atoms with van der Waals surface area (Å²) in [7, 11) is 0. The van der Waals surface area contributed by atoms with Gasteiger partial charge in [0, 0.05) is 48.6 Å². The maximum Gasteiger partial charge on any atom is 0.266 e. The van der Waals surface area contributed by atoms with Gasteiger partial charge in [-0.2, -0.15) is 4.98 Å². The third-order valence-corrected chi connectivity index (χ3v) is 5.97. The van der Waals surface area contributed by atoms with Gasteiger partial charge in [0.1, 0.15) is 11.6 Å². The molecule has 0 aliphatic carbocycles. The Bertz CT molecular complexity index is 1140. The molecule has 3 aromatic rings. The summed E-state index contributed by atoms with van der Waals surface area (Å²) in [5.41, 5.74) is 2.09. The molecule has 0 radical (unpaired) electrons. The molecule has 1 N–H and O–H groups in total. The SMILES string of the molecule is Cc1ccc(Nc2cc(C)nc(N3CCN(C(=O)C(C)(C)Oc4ccc(Cl)cc4)CC3)n2)cc1. The first-order chi connectivity index (χ1) is 16.2. The standard InChI is InChI=1S/C26H30ClN5O2/c1-18-5-9-21(10-6-18)29-23-17-19(2)28-25(30-23)32-15-13-31(14-16-32)24(33)26(3,4)34-22-11-7-20(27)8-12-22/h5-12,17H,13-16H2,1-4H3,(H,28,29,30). The molecule has 1 saturated heterocycles. The van der Waals surface area contributed by atoms with Gasteiger partial charge in [0.15, 0.2) is 5.60 Å². The second-order valence-electron chi connectivity index (χ2n) is 9.03. The van der Waals surface area contributed by atoms with Crippen LogP contribution in [0.25, 0.3) is 0 Å². The smallest absolute Gasteiger partial charge is 0.266 e. The molecule has 178 valence electrons. The van der Waals surface area contributed by atoms with E-state index in [0.717, 1.165) is 17.2 Å². The lowest BCUT2D eigenvalue weighted by atomic mass is 10.1. The largest absolute Gasteiger partial charge is 0.478 e. The number of aryl methyl sites for hydroxylation is 2. The highest BCUT2D eigenvalue weighted by atomic mass is 35.5. The molecule has 0 unspecified atom stereocenters. The first kappa shape index (κ1) is 23.8. The van der Waals surface area contributed by atoms with E-state index in [-0.39, 0.29) is 5.91 Å². The topological polar surface area (TPSA) is 70.6 Å². The second kappa shape index (κ2) is 9.89. The van der Waals surface area contributed by atoms with Crippen molar-refractivity contribution in [3.63, 3.8) is 0 Å². The van der Waals surface area contributed by atoms with Crippen LogP contribution in [-0.2, 0) is 4.79 Å². The van der Waals surface area contributed by atoms with Crippen molar-refractivity contribution in [1.82, 2.24) is 14.9 Å². The summed E-state index contributed by atoms with van der Waals surface area (Å²) in [4.78, 5) is 26.5. The molecule has 1 aliphatic heterocycles. The van der Waals surface area contributed by atoms with Crippen LogP contribution in [-0.4, -0.2) is 52.6 Å². The van der Waals surface area contributed by atoms with Crippen molar-refractivity contribution in [1.29, 1.82) is 0 Å². The van der Waals surface area contributed by atoms with Crippen LogP contribution in [0.1, 0.15) is 25.1 Å². The van der Waals surface area contributed by atoms with Crippen molar-refractivity contribution < 1.29 is 9.53 Å². The average Bonchev–Trinajstić information content (AvgIpc) is 2.81. The van der Waals surface area contributed by atoms with Gasteiger partial charge in [-0.25, -0.2) is 4.98 Å². The number of amides is 1. The maximum absolute atomic E-state index is 13.2. The molecule has 1 aromatic heterocycles. The third-order valence-electron chi connectivity index (χ3n) is 5.72. The molecule has 34 heavy (non-hydrogen) atoms. The number of hydrogen-bond acceptors (Lipinski definition) is 6. The van der Waals surface area contributed by atoms with Gasteiger partial charge in [-0.1, -0.05) is 29.3 Å². The van der Waals surface area contributed by atoms with E-state index in [4.69, 9.17) is 21.3 Å². The van der Waals surface area contributed by atoms with Gasteiger partial charge in [0.05, 0.1) is 0 Å². The van der Waals surface area contributed by atoms with E-state index in [2.05, 4.69) is 34.3 Å². The molecule has 2 heterocycles. The van der Waals surface area contributed by atoms with E-state index in [1.165, 1.54) is 5.56 Å². The fraction of sp³-hybridized carbons (Fsp3) is 0.346. The molecule has 0 saturated carbocycles. The number of piperazine rings is 1. The first-order valence-electron chi connectivity index (χ1n) is 11.4. The Kier molecular flexibility index (Phi) is 6.93. The molecule has 0 bridgehead atoms. The second-order valence-corrected chi connectivity index (χ2v) is 9.47. The van der Waals surface area contributed by atoms with Crippen LogP contribution >= 0.6 is 11.6 Å². The summed E-state index contributed by atoms with van der Waals surface area (Å²) in [6.07, 6.45) is 0. The van der Waals surface area contributed by atoms with E-state index < -0.39 is 5.60 Å². The van der Waals surface area contributed by atoms with E-state index >= 15 is 0 Å². The Morgan fingerprint density at radius 2 is 1.62 bits per heavy atom. The average molecular weight is 480 g/mol. The fourth-order valence-corrected chi connectivity index (χ4v) is 4.00. The van der Waals surface area contributed by atoms with E-state index in [1.54, 1.807) is 38.1 Å². The summed E-state index contributed by atoms with van der Waals surface area (Å²) in [6, 6.07) is 17.2. The fourth-order valence-electron chi connectivity index (χ4n) is 3.87. The van der Waals surface area contributed by atoms with Crippen LogP contribution in [0.4, 0.5) is 17.5 Å². The van der Waals surface area contributed by atoms with Gasteiger partial charge in [-0.05, 0) is 64.1 Å². The van der Waals surface area contributed by atoms with Crippen LogP contribution in [0.3, 0.4) is 0 Å². The minimum Gasteiger partial charge on any atom is -0.478 e. The molecule has 7 nitrogen and oxygen atoms in total. The number of aromatic nitrogens is 2. The molecule has 4 rings (SSSR count). The number of carbonyl (C=O) groups is 1. The summed E-state index contributed by atoms with van der Waals surface area (Å²) in [5, 5.41) is 3.99. The molecule has 0 atom stereocenters. The third kappa shape index (κ3) is 5.78. The lowest BCUT2D eigenvalue weighted by molar-refractivity contribution is -0.145.